The molecule has 1 amide bonds. The van der Waals surface area contributed by atoms with E-state index in [0.29, 0.717) is 28.0 Å². The maximum absolute atomic E-state index is 14.5. The number of hydrogen-bond donors (Lipinski definition) is 1. The van der Waals surface area contributed by atoms with Crippen LogP contribution in [0.2, 0.25) is 0 Å². The van der Waals surface area contributed by atoms with Crippen molar-refractivity contribution in [2.24, 2.45) is 0 Å². The Balaban J connectivity index is 1.49. The van der Waals surface area contributed by atoms with E-state index in [1.807, 2.05) is 53.1 Å². The highest BCUT2D eigenvalue weighted by Crippen LogP contribution is 2.44. The SMILES string of the molecule is COc1cccc(NC(=O)C(Sc2nnc(-c3ccccc3F)n2C2CC2)c2ccccc2)c1. The molecule has 172 valence electrons. The van der Waals surface area contributed by atoms with Gasteiger partial charge in [-0.05, 0) is 42.7 Å². The van der Waals surface area contributed by atoms with Crippen LogP contribution in [-0.4, -0.2) is 27.8 Å². The predicted octanol–water partition coefficient (Wildman–Crippen LogP) is 5.90. The fraction of sp³-hybridized carbons (Fsp3) is 0.192. The zero-order valence-corrected chi connectivity index (χ0v) is 19.3. The summed E-state index contributed by atoms with van der Waals surface area (Å²) in [6.45, 7) is 0. The van der Waals surface area contributed by atoms with Gasteiger partial charge in [0.1, 0.15) is 16.8 Å². The number of nitrogens with one attached hydrogen (secondary N) is 1. The average Bonchev–Trinajstić information content (AvgIpc) is 3.62. The lowest BCUT2D eigenvalue weighted by atomic mass is 10.1. The van der Waals surface area contributed by atoms with Gasteiger partial charge in [0.05, 0.1) is 12.7 Å². The molecule has 1 aromatic heterocycles. The van der Waals surface area contributed by atoms with Crippen molar-refractivity contribution in [3.63, 3.8) is 0 Å². The second-order valence-electron chi connectivity index (χ2n) is 8.02. The van der Waals surface area contributed by atoms with Crippen molar-refractivity contribution in [1.29, 1.82) is 0 Å². The number of ether oxygens (including phenoxy) is 1. The van der Waals surface area contributed by atoms with Gasteiger partial charge in [0, 0.05) is 17.8 Å². The van der Waals surface area contributed by atoms with Crippen LogP contribution in [0.4, 0.5) is 10.1 Å². The molecule has 1 heterocycles. The number of halogens is 1. The molecule has 0 spiro atoms. The molecule has 1 atom stereocenters. The molecule has 34 heavy (non-hydrogen) atoms. The Bertz CT molecular complexity index is 1310. The van der Waals surface area contributed by atoms with Crippen molar-refractivity contribution in [2.75, 3.05) is 12.4 Å². The van der Waals surface area contributed by atoms with E-state index in [2.05, 4.69) is 15.5 Å². The molecule has 0 radical (unpaired) electrons. The fourth-order valence-corrected chi connectivity index (χ4v) is 4.87. The van der Waals surface area contributed by atoms with Gasteiger partial charge in [-0.1, -0.05) is 60.3 Å². The van der Waals surface area contributed by atoms with Gasteiger partial charge in [-0.25, -0.2) is 4.39 Å². The van der Waals surface area contributed by atoms with Crippen LogP contribution in [0, 0.1) is 5.82 Å². The Hall–Kier alpha value is -3.65. The summed E-state index contributed by atoms with van der Waals surface area (Å²) in [6, 6.07) is 23.5. The van der Waals surface area contributed by atoms with Crippen molar-refractivity contribution in [1.82, 2.24) is 14.8 Å². The largest absolute Gasteiger partial charge is 0.497 e. The molecule has 0 bridgehead atoms. The molecule has 3 aromatic carbocycles. The monoisotopic (exact) mass is 474 g/mol. The van der Waals surface area contributed by atoms with E-state index in [1.165, 1.54) is 17.8 Å². The van der Waals surface area contributed by atoms with Crippen LogP contribution < -0.4 is 10.1 Å². The van der Waals surface area contributed by atoms with Crippen LogP contribution >= 0.6 is 11.8 Å². The van der Waals surface area contributed by atoms with E-state index in [9.17, 15) is 9.18 Å². The van der Waals surface area contributed by atoms with Crippen LogP contribution in [0.15, 0.2) is 84.0 Å². The van der Waals surface area contributed by atoms with Gasteiger partial charge in [-0.3, -0.25) is 9.36 Å². The molecule has 1 aliphatic carbocycles. The smallest absolute Gasteiger partial charge is 0.242 e. The number of aromatic nitrogens is 3. The average molecular weight is 475 g/mol. The summed E-state index contributed by atoms with van der Waals surface area (Å²) in [5, 5.41) is 11.7. The first-order valence-corrected chi connectivity index (χ1v) is 11.9. The Kier molecular flexibility index (Phi) is 6.31. The lowest BCUT2D eigenvalue weighted by molar-refractivity contribution is -0.115. The third kappa shape index (κ3) is 4.68. The highest BCUT2D eigenvalue weighted by atomic mass is 32.2. The first-order valence-electron chi connectivity index (χ1n) is 11.0. The third-order valence-corrected chi connectivity index (χ3v) is 6.80. The molecular weight excluding hydrogens is 451 g/mol. The van der Waals surface area contributed by atoms with Crippen molar-refractivity contribution < 1.29 is 13.9 Å². The van der Waals surface area contributed by atoms with Crippen molar-refractivity contribution in [2.45, 2.75) is 29.3 Å². The Morgan fingerprint density at radius 2 is 1.82 bits per heavy atom. The lowest BCUT2D eigenvalue weighted by Gasteiger charge is -2.18. The van der Waals surface area contributed by atoms with Crippen LogP contribution in [0.25, 0.3) is 11.4 Å². The number of benzene rings is 3. The second kappa shape index (κ2) is 9.69. The van der Waals surface area contributed by atoms with Crippen molar-refractivity contribution >= 4 is 23.4 Å². The minimum atomic E-state index is -0.581. The standard InChI is InChI=1S/C26H23FN4O2S/c1-33-20-11-7-10-18(16-20)28-25(32)23(17-8-3-2-4-9-17)34-26-30-29-24(31(26)19-14-15-19)21-12-5-6-13-22(21)27/h2-13,16,19,23H,14-15H2,1H3,(H,28,32). The maximum Gasteiger partial charge on any atom is 0.242 e. The molecular formula is C26H23FN4O2S. The number of hydrogen-bond acceptors (Lipinski definition) is 5. The fourth-order valence-electron chi connectivity index (χ4n) is 3.76. The molecule has 6 nitrogen and oxygen atoms in total. The number of rotatable bonds is 8. The number of methoxy groups -OCH3 is 1. The number of carbonyl (C=O) groups excluding carboxylic acids is 1. The molecule has 8 heteroatoms. The topological polar surface area (TPSA) is 69.0 Å². The Labute approximate surface area is 201 Å². The van der Waals surface area contributed by atoms with Crippen molar-refractivity contribution in [3.05, 3.63) is 90.2 Å². The third-order valence-electron chi connectivity index (χ3n) is 5.59. The van der Waals surface area contributed by atoms with Gasteiger partial charge in [0.25, 0.3) is 0 Å². The summed E-state index contributed by atoms with van der Waals surface area (Å²) < 4.78 is 21.8. The van der Waals surface area contributed by atoms with Gasteiger partial charge in [-0.2, -0.15) is 0 Å². The van der Waals surface area contributed by atoms with E-state index in [-0.39, 0.29) is 17.8 Å². The Morgan fingerprint density at radius 1 is 1.06 bits per heavy atom. The molecule has 4 aromatic rings. The van der Waals surface area contributed by atoms with Crippen LogP contribution in [0.3, 0.4) is 0 Å². The molecule has 1 N–H and O–H groups in total. The van der Waals surface area contributed by atoms with Crippen LogP contribution in [-0.2, 0) is 4.79 Å². The van der Waals surface area contributed by atoms with E-state index < -0.39 is 5.25 Å². The zero-order valence-electron chi connectivity index (χ0n) is 18.5. The summed E-state index contributed by atoms with van der Waals surface area (Å²) in [4.78, 5) is 13.5. The van der Waals surface area contributed by atoms with Gasteiger partial charge < -0.3 is 10.1 Å². The lowest BCUT2D eigenvalue weighted by Crippen LogP contribution is -2.19. The highest BCUT2D eigenvalue weighted by molar-refractivity contribution is 8.00. The highest BCUT2D eigenvalue weighted by Gasteiger charge is 2.33. The first-order chi connectivity index (χ1) is 16.6. The van der Waals surface area contributed by atoms with Gasteiger partial charge in [0.2, 0.25) is 5.91 Å². The first kappa shape index (κ1) is 22.2. The van der Waals surface area contributed by atoms with Crippen LogP contribution in [0.5, 0.6) is 5.75 Å². The van der Waals surface area contributed by atoms with Gasteiger partial charge in [0.15, 0.2) is 11.0 Å². The normalized spacial score (nSPS) is 13.9. The predicted molar refractivity (Wildman–Crippen MR) is 130 cm³/mol. The summed E-state index contributed by atoms with van der Waals surface area (Å²) in [6.07, 6.45) is 1.94. The summed E-state index contributed by atoms with van der Waals surface area (Å²) in [7, 11) is 1.58. The molecule has 1 saturated carbocycles. The maximum atomic E-state index is 14.5. The van der Waals surface area contributed by atoms with Crippen LogP contribution in [0.1, 0.15) is 29.7 Å². The second-order valence-corrected chi connectivity index (χ2v) is 9.09. The summed E-state index contributed by atoms with van der Waals surface area (Å²) >= 11 is 1.32. The minimum absolute atomic E-state index is 0.192. The number of nitrogens with zero attached hydrogens (tertiary/aromatic N) is 3. The van der Waals surface area contributed by atoms with Gasteiger partial charge in [-0.15, -0.1) is 10.2 Å². The van der Waals surface area contributed by atoms with E-state index >= 15 is 0 Å². The number of carbonyl (C=O) groups is 1. The molecule has 0 aliphatic heterocycles. The number of anilines is 1. The molecule has 0 saturated heterocycles. The van der Waals surface area contributed by atoms with E-state index in [4.69, 9.17) is 4.74 Å². The van der Waals surface area contributed by atoms with Crippen molar-refractivity contribution in [3.8, 4) is 17.1 Å². The minimum Gasteiger partial charge on any atom is -0.497 e. The van der Waals surface area contributed by atoms with Gasteiger partial charge >= 0.3 is 0 Å². The molecule has 1 unspecified atom stereocenters. The van der Waals surface area contributed by atoms with E-state index in [0.717, 1.165) is 18.4 Å². The Morgan fingerprint density at radius 3 is 2.56 bits per heavy atom. The summed E-state index contributed by atoms with van der Waals surface area (Å²) in [5.41, 5.74) is 1.89. The quantitative estimate of drug-likeness (QED) is 0.322. The number of amides is 1. The molecule has 1 fully saturated rings. The zero-order chi connectivity index (χ0) is 23.5. The molecule has 1 aliphatic rings. The summed E-state index contributed by atoms with van der Waals surface area (Å²) in [5.74, 6) is 0.610. The van der Waals surface area contributed by atoms with E-state index in [1.54, 1.807) is 31.4 Å². The molecule has 5 rings (SSSR count). The number of thioether (sulfide) groups is 1.